The van der Waals surface area contributed by atoms with E-state index >= 15 is 0 Å². The first-order valence-corrected chi connectivity index (χ1v) is 10.0. The Morgan fingerprint density at radius 2 is 1.79 bits per heavy atom. The fourth-order valence-corrected chi connectivity index (χ4v) is 3.53. The van der Waals surface area contributed by atoms with Gasteiger partial charge in [-0.05, 0) is 45.3 Å². The van der Waals surface area contributed by atoms with Gasteiger partial charge in [-0.2, -0.15) is 0 Å². The van der Waals surface area contributed by atoms with Gasteiger partial charge in [0, 0.05) is 18.7 Å². The van der Waals surface area contributed by atoms with Crippen LogP contribution in [0, 0.1) is 5.82 Å². The molecular formula is C23H23BrFNO3. The van der Waals surface area contributed by atoms with Crippen LogP contribution in [-0.2, 0) is 13.2 Å². The fourth-order valence-electron chi connectivity index (χ4n) is 2.93. The lowest BCUT2D eigenvalue weighted by molar-refractivity contribution is 0.174. The van der Waals surface area contributed by atoms with Crippen molar-refractivity contribution in [3.8, 4) is 11.5 Å². The van der Waals surface area contributed by atoms with Crippen LogP contribution < -0.4 is 14.8 Å². The summed E-state index contributed by atoms with van der Waals surface area (Å²) < 4.78 is 25.8. The smallest absolute Gasteiger partial charge is 0.175 e. The minimum absolute atomic E-state index is 0.0997. The third kappa shape index (κ3) is 5.79. The minimum atomic E-state index is -0.579. The van der Waals surface area contributed by atoms with Crippen molar-refractivity contribution in [2.45, 2.75) is 19.3 Å². The SMILES string of the molecule is COc1cc(CNC[C@H](O)c2ccccc2)cc(Br)c1OCc1ccccc1F. The van der Waals surface area contributed by atoms with Gasteiger partial charge in [0.05, 0.1) is 17.7 Å². The molecule has 0 saturated heterocycles. The van der Waals surface area contributed by atoms with Gasteiger partial charge in [-0.25, -0.2) is 4.39 Å². The van der Waals surface area contributed by atoms with Crippen LogP contribution in [0.4, 0.5) is 4.39 Å². The Morgan fingerprint density at radius 1 is 1.07 bits per heavy atom. The maximum atomic E-state index is 13.8. The highest BCUT2D eigenvalue weighted by atomic mass is 79.9. The van der Waals surface area contributed by atoms with Crippen molar-refractivity contribution >= 4 is 15.9 Å². The highest BCUT2D eigenvalue weighted by Gasteiger charge is 2.13. The van der Waals surface area contributed by atoms with Gasteiger partial charge < -0.3 is 19.9 Å². The Hall–Kier alpha value is -2.41. The quantitative estimate of drug-likeness (QED) is 0.472. The average molecular weight is 460 g/mol. The summed E-state index contributed by atoms with van der Waals surface area (Å²) in [6.45, 7) is 1.07. The van der Waals surface area contributed by atoms with Crippen LogP contribution in [-0.4, -0.2) is 18.8 Å². The Labute approximate surface area is 178 Å². The van der Waals surface area contributed by atoms with Gasteiger partial charge in [-0.15, -0.1) is 0 Å². The molecule has 0 saturated carbocycles. The fraction of sp³-hybridized carbons (Fsp3) is 0.217. The van der Waals surface area contributed by atoms with E-state index in [2.05, 4.69) is 21.2 Å². The summed E-state index contributed by atoms with van der Waals surface area (Å²) in [7, 11) is 1.56. The first-order valence-electron chi connectivity index (χ1n) is 9.25. The number of methoxy groups -OCH3 is 1. The molecule has 0 unspecified atom stereocenters. The number of aliphatic hydroxyl groups is 1. The van der Waals surface area contributed by atoms with Gasteiger partial charge in [-0.3, -0.25) is 0 Å². The number of hydrogen-bond acceptors (Lipinski definition) is 4. The van der Waals surface area contributed by atoms with Crippen LogP contribution in [0.1, 0.15) is 22.8 Å². The second-order valence-corrected chi connectivity index (χ2v) is 7.40. The Balaban J connectivity index is 1.62. The molecule has 0 aliphatic heterocycles. The molecule has 0 amide bonds. The van der Waals surface area contributed by atoms with Crippen molar-refractivity contribution in [3.63, 3.8) is 0 Å². The average Bonchev–Trinajstić information content (AvgIpc) is 2.74. The molecule has 6 heteroatoms. The van der Waals surface area contributed by atoms with Crippen molar-refractivity contribution in [1.82, 2.24) is 5.32 Å². The Morgan fingerprint density at radius 3 is 2.52 bits per heavy atom. The van der Waals surface area contributed by atoms with Crippen molar-refractivity contribution in [2.75, 3.05) is 13.7 Å². The van der Waals surface area contributed by atoms with E-state index in [-0.39, 0.29) is 12.4 Å². The van der Waals surface area contributed by atoms with E-state index in [1.807, 2.05) is 42.5 Å². The molecule has 0 aliphatic carbocycles. The van der Waals surface area contributed by atoms with Crippen molar-refractivity contribution < 1.29 is 19.0 Å². The summed E-state index contributed by atoms with van der Waals surface area (Å²) in [6.07, 6.45) is -0.579. The number of aliphatic hydroxyl groups excluding tert-OH is 1. The molecule has 4 nitrogen and oxygen atoms in total. The first kappa shape index (κ1) is 21.3. The third-order valence-corrected chi connectivity index (χ3v) is 5.06. The highest BCUT2D eigenvalue weighted by molar-refractivity contribution is 9.10. The normalized spacial score (nSPS) is 11.9. The molecule has 3 aromatic carbocycles. The lowest BCUT2D eigenvalue weighted by Crippen LogP contribution is -2.21. The molecular weight excluding hydrogens is 437 g/mol. The summed E-state index contributed by atoms with van der Waals surface area (Å²) >= 11 is 3.51. The van der Waals surface area contributed by atoms with Gasteiger partial charge in [-0.1, -0.05) is 48.5 Å². The second-order valence-electron chi connectivity index (χ2n) is 6.55. The maximum absolute atomic E-state index is 13.8. The number of ether oxygens (including phenoxy) is 2. The summed E-state index contributed by atoms with van der Waals surface area (Å²) in [6, 6.07) is 19.8. The topological polar surface area (TPSA) is 50.7 Å². The largest absolute Gasteiger partial charge is 0.493 e. The van der Waals surface area contributed by atoms with Gasteiger partial charge in [0.2, 0.25) is 0 Å². The van der Waals surface area contributed by atoms with Crippen LogP contribution in [0.15, 0.2) is 71.2 Å². The lowest BCUT2D eigenvalue weighted by Gasteiger charge is -2.16. The van der Waals surface area contributed by atoms with Crippen molar-refractivity contribution in [1.29, 1.82) is 0 Å². The molecule has 3 rings (SSSR count). The summed E-state index contributed by atoms with van der Waals surface area (Å²) in [5, 5.41) is 13.5. The van der Waals surface area contributed by atoms with Crippen molar-refractivity contribution in [2.24, 2.45) is 0 Å². The molecule has 152 valence electrons. The minimum Gasteiger partial charge on any atom is -0.493 e. The zero-order valence-electron chi connectivity index (χ0n) is 16.1. The Bertz CT molecular complexity index is 937. The molecule has 0 heterocycles. The van der Waals surface area contributed by atoms with E-state index < -0.39 is 6.10 Å². The van der Waals surface area contributed by atoms with E-state index in [0.29, 0.717) is 34.6 Å². The molecule has 2 N–H and O–H groups in total. The molecule has 0 fully saturated rings. The van der Waals surface area contributed by atoms with Crippen molar-refractivity contribution in [3.05, 3.63) is 93.7 Å². The van der Waals surface area contributed by atoms with Crippen LogP contribution in [0.2, 0.25) is 0 Å². The molecule has 0 spiro atoms. The van der Waals surface area contributed by atoms with Crippen LogP contribution in [0.25, 0.3) is 0 Å². The van der Waals surface area contributed by atoms with E-state index in [1.165, 1.54) is 6.07 Å². The zero-order chi connectivity index (χ0) is 20.6. The number of nitrogens with one attached hydrogen (secondary N) is 1. The molecule has 0 aromatic heterocycles. The molecule has 3 aromatic rings. The number of benzene rings is 3. The highest BCUT2D eigenvalue weighted by Crippen LogP contribution is 2.37. The predicted molar refractivity (Wildman–Crippen MR) is 115 cm³/mol. The zero-order valence-corrected chi connectivity index (χ0v) is 17.7. The molecule has 0 aliphatic rings. The maximum Gasteiger partial charge on any atom is 0.175 e. The van der Waals surface area contributed by atoms with Gasteiger partial charge in [0.1, 0.15) is 12.4 Å². The lowest BCUT2D eigenvalue weighted by atomic mass is 10.1. The molecule has 0 radical (unpaired) electrons. The first-order chi connectivity index (χ1) is 14.1. The van der Waals surface area contributed by atoms with E-state index in [4.69, 9.17) is 9.47 Å². The number of rotatable bonds is 9. The number of hydrogen-bond donors (Lipinski definition) is 2. The number of halogens is 2. The summed E-state index contributed by atoms with van der Waals surface area (Å²) in [4.78, 5) is 0. The Kier molecular flexibility index (Phi) is 7.63. The van der Waals surface area contributed by atoms with E-state index in [9.17, 15) is 9.50 Å². The summed E-state index contributed by atoms with van der Waals surface area (Å²) in [5.41, 5.74) is 2.31. The summed E-state index contributed by atoms with van der Waals surface area (Å²) in [5.74, 6) is 0.764. The van der Waals surface area contributed by atoms with Crippen LogP contribution >= 0.6 is 15.9 Å². The van der Waals surface area contributed by atoms with Gasteiger partial charge in [0.15, 0.2) is 11.5 Å². The molecule has 1 atom stereocenters. The van der Waals surface area contributed by atoms with Crippen LogP contribution in [0.5, 0.6) is 11.5 Å². The standard InChI is InChI=1S/C23H23BrFNO3/c1-28-22-12-16(13-26-14-21(27)17-7-3-2-4-8-17)11-19(24)23(22)29-15-18-9-5-6-10-20(18)25/h2-12,21,26-27H,13-15H2,1H3/t21-/m0/s1. The van der Waals surface area contributed by atoms with E-state index in [0.717, 1.165) is 11.1 Å². The molecule has 0 bridgehead atoms. The van der Waals surface area contributed by atoms with E-state index in [1.54, 1.807) is 25.3 Å². The third-order valence-electron chi connectivity index (χ3n) is 4.47. The molecule has 29 heavy (non-hydrogen) atoms. The second kappa shape index (κ2) is 10.4. The van der Waals surface area contributed by atoms with Crippen LogP contribution in [0.3, 0.4) is 0 Å². The predicted octanol–water partition coefficient (Wildman–Crippen LogP) is 5.00. The van der Waals surface area contributed by atoms with Gasteiger partial charge >= 0.3 is 0 Å². The van der Waals surface area contributed by atoms with Gasteiger partial charge in [0.25, 0.3) is 0 Å². The monoisotopic (exact) mass is 459 g/mol.